The predicted molar refractivity (Wildman–Crippen MR) is 248 cm³/mol. The first-order valence-electron chi connectivity index (χ1n) is 19.7. The van der Waals surface area contributed by atoms with Crippen molar-refractivity contribution in [2.45, 2.75) is 78.1 Å². The summed E-state index contributed by atoms with van der Waals surface area (Å²) in [6.07, 6.45) is 21.3. The van der Waals surface area contributed by atoms with Crippen LogP contribution in [0.2, 0.25) is 0 Å². The van der Waals surface area contributed by atoms with Crippen LogP contribution in [-0.2, 0) is 12.8 Å². The number of hydrogen-bond acceptors (Lipinski definition) is 8. The normalized spacial score (nSPS) is 13.4. The van der Waals surface area contributed by atoms with E-state index >= 15 is 0 Å². The van der Waals surface area contributed by atoms with E-state index in [0.29, 0.717) is 0 Å². The third-order valence-electron chi connectivity index (χ3n) is 11.3. The fourth-order valence-corrected chi connectivity index (χ4v) is 29.2. The molecule has 0 radical (unpaired) electrons. The van der Waals surface area contributed by atoms with Crippen LogP contribution in [0.15, 0.2) is 97.6 Å². The second kappa shape index (κ2) is 15.4. The molecule has 55 heavy (non-hydrogen) atoms. The van der Waals surface area contributed by atoms with E-state index in [0.717, 1.165) is 0 Å². The van der Waals surface area contributed by atoms with Gasteiger partial charge < -0.3 is 0 Å². The molecule has 1 spiro atoms. The maximum atomic E-state index is 4.81. The van der Waals surface area contributed by atoms with Crippen LogP contribution in [0.3, 0.4) is 0 Å². The monoisotopic (exact) mass is 888 g/mol. The summed E-state index contributed by atoms with van der Waals surface area (Å²) in [4.78, 5) is 26.7. The van der Waals surface area contributed by atoms with Gasteiger partial charge in [0.15, 0.2) is 0 Å². The van der Waals surface area contributed by atoms with Gasteiger partial charge in [-0.05, 0) is 0 Å². The molecule has 9 heteroatoms. The molecule has 0 amide bonds. The van der Waals surface area contributed by atoms with E-state index in [4.69, 9.17) is 9.97 Å². The molecule has 10 heterocycles. The van der Waals surface area contributed by atoms with Crippen molar-refractivity contribution in [1.29, 1.82) is 0 Å². The molecule has 8 aromatic rings. The molecule has 8 aromatic heterocycles. The van der Waals surface area contributed by atoms with Gasteiger partial charge >= 0.3 is 315 Å². The van der Waals surface area contributed by atoms with Crippen molar-refractivity contribution >= 4 is 98.9 Å². The van der Waals surface area contributed by atoms with Gasteiger partial charge in [0, 0.05) is 0 Å². The Morgan fingerprint density at radius 1 is 0.418 bits per heavy atom. The van der Waals surface area contributed by atoms with Crippen molar-refractivity contribution in [3.8, 4) is 59.9 Å². The molecule has 10 rings (SSSR count). The molecule has 0 unspecified atom stereocenters. The van der Waals surface area contributed by atoms with E-state index in [-0.39, 0.29) is 0 Å². The van der Waals surface area contributed by atoms with Gasteiger partial charge in [-0.1, -0.05) is 39.5 Å². The van der Waals surface area contributed by atoms with Gasteiger partial charge in [0.2, 0.25) is 0 Å². The average Bonchev–Trinajstić information content (AvgIpc) is 4.06. The van der Waals surface area contributed by atoms with E-state index in [1.807, 2.05) is 80.4 Å². The van der Waals surface area contributed by atoms with Crippen LogP contribution in [0.25, 0.3) is 59.9 Å². The quantitative estimate of drug-likeness (QED) is 0.0803. The Morgan fingerprint density at radius 2 is 0.836 bits per heavy atom. The Morgan fingerprint density at radius 3 is 1.29 bits per heavy atom. The molecule has 0 fully saturated rings. The summed E-state index contributed by atoms with van der Waals surface area (Å²) in [7, 11) is 0. The van der Waals surface area contributed by atoms with E-state index in [1.165, 1.54) is 143 Å². The zero-order valence-corrected chi connectivity index (χ0v) is 38.1. The summed E-state index contributed by atoms with van der Waals surface area (Å²) < 4.78 is 6.08. The molecule has 0 N–H and O–H groups in total. The van der Waals surface area contributed by atoms with Crippen molar-refractivity contribution in [3.63, 3.8) is 0 Å². The number of unbranched alkanes of at least 4 members (excludes halogenated alkanes) is 6. The number of pyridine rings is 2. The van der Waals surface area contributed by atoms with Crippen LogP contribution < -0.4 is 17.6 Å². The van der Waals surface area contributed by atoms with Crippen LogP contribution in [0.1, 0.15) is 75.0 Å². The van der Waals surface area contributed by atoms with Gasteiger partial charge in [0.1, 0.15) is 0 Å². The number of aryl methyl sites for hydroxylation is 2. The first-order valence-corrected chi connectivity index (χ1v) is 28.8. The van der Waals surface area contributed by atoms with E-state index in [1.54, 1.807) is 8.79 Å². The summed E-state index contributed by atoms with van der Waals surface area (Å²) in [6.45, 7) is 4.58. The van der Waals surface area contributed by atoms with Crippen LogP contribution in [0, 0.1) is 0 Å². The van der Waals surface area contributed by atoms with Gasteiger partial charge in [-0.15, -0.1) is 0 Å². The minimum absolute atomic E-state index is 1.20. The zero-order valence-electron chi connectivity index (χ0n) is 31.2. The number of thiophene rings is 6. The molecule has 0 saturated carbocycles. The van der Waals surface area contributed by atoms with Crippen LogP contribution >= 0.6 is 68.0 Å². The minimum atomic E-state index is -3.38. The first-order chi connectivity index (χ1) is 27.1. The Kier molecular flexibility index (Phi) is 10.2. The Labute approximate surface area is 351 Å². The average molecular weight is 888 g/mol. The first kappa shape index (κ1) is 36.4. The number of hydrogen-bond donors (Lipinski definition) is 0. The molecule has 2 aliphatic rings. The second-order valence-corrected chi connectivity index (χ2v) is 29.1. The van der Waals surface area contributed by atoms with Crippen molar-refractivity contribution in [3.05, 3.63) is 107 Å². The summed E-state index contributed by atoms with van der Waals surface area (Å²) >= 11 is 8.54. The summed E-state index contributed by atoms with van der Waals surface area (Å²) in [5.74, 6) is 0. The number of nitrogens with zero attached hydrogens (tertiary/aromatic N) is 2. The molecule has 2 aliphatic heterocycles. The van der Waals surface area contributed by atoms with Gasteiger partial charge in [-0.2, -0.15) is 0 Å². The van der Waals surface area contributed by atoms with Gasteiger partial charge in [0.25, 0.3) is 0 Å². The zero-order chi connectivity index (χ0) is 36.9. The number of fused-ring (bicyclic) bond motifs is 10. The SMILES string of the molecule is CCCCCCc1ccc(-c2ccc(-c3c[c]4c(s3)-c3sc(-c5ccc(-c6ccc(CCCCCC)s6)s5)c[c]3[Ge]43[c]4cnccc4-c4ccnc[c]43)s2)s1. The molecular weight excluding hydrogens is 846 g/mol. The Bertz CT molecular complexity index is 2450. The van der Waals surface area contributed by atoms with Gasteiger partial charge in [-0.25, -0.2) is 0 Å². The fraction of sp³-hybridized carbons (Fsp3) is 0.261. The molecule has 276 valence electrons. The third-order valence-corrected chi connectivity index (χ3v) is 29.8. The summed E-state index contributed by atoms with van der Waals surface area (Å²) in [5, 5.41) is 0. The van der Waals surface area contributed by atoms with E-state index in [2.05, 4.69) is 99.0 Å². The number of rotatable bonds is 14. The van der Waals surface area contributed by atoms with Gasteiger partial charge in [-0.3, -0.25) is 0 Å². The predicted octanol–water partition coefficient (Wildman–Crippen LogP) is 13.1. The Balaban J connectivity index is 1.03. The topological polar surface area (TPSA) is 25.8 Å². The maximum absolute atomic E-state index is 4.81. The second-order valence-electron chi connectivity index (χ2n) is 14.8. The summed E-state index contributed by atoms with van der Waals surface area (Å²) in [5.41, 5.74) is 2.71. The molecule has 0 bridgehead atoms. The van der Waals surface area contributed by atoms with Crippen LogP contribution in [0.4, 0.5) is 0 Å². The molecule has 0 saturated heterocycles. The van der Waals surface area contributed by atoms with Crippen LogP contribution in [-0.4, -0.2) is 23.2 Å². The molecule has 0 aliphatic carbocycles. The van der Waals surface area contributed by atoms with Crippen molar-refractivity contribution in [2.75, 3.05) is 0 Å². The van der Waals surface area contributed by atoms with E-state index in [9.17, 15) is 0 Å². The third kappa shape index (κ3) is 6.35. The summed E-state index contributed by atoms with van der Waals surface area (Å²) in [6, 6.07) is 28.6. The Hall–Kier alpha value is -2.96. The fourth-order valence-electron chi connectivity index (χ4n) is 8.59. The van der Waals surface area contributed by atoms with Gasteiger partial charge in [0.05, 0.1) is 0 Å². The molecule has 0 atom stereocenters. The number of aromatic nitrogens is 2. The molecule has 0 aromatic carbocycles. The van der Waals surface area contributed by atoms with Crippen molar-refractivity contribution < 1.29 is 0 Å². The molecule has 2 nitrogen and oxygen atoms in total. The van der Waals surface area contributed by atoms with Crippen molar-refractivity contribution in [2.24, 2.45) is 0 Å². The van der Waals surface area contributed by atoms with Crippen LogP contribution in [0.5, 0.6) is 0 Å². The van der Waals surface area contributed by atoms with Crippen molar-refractivity contribution in [1.82, 2.24) is 9.97 Å². The standard InChI is InChI=1S/C46H42GeN2S6/c1-3-5-7-9-11-29-13-15-37(50-29)39-17-19-41(52-39)43-25-33-45(54-43)46-34(47(33)35-27-48-23-21-31(35)32-22-24-49-28-36(32)47)26-44(55-46)42-20-18-40(53-42)38-16-14-30(51-38)12-10-8-6-4-2/h13-28H,3-12H2,1-2H3. The van der Waals surface area contributed by atoms with E-state index < -0.39 is 13.3 Å². The molecular formula is C46H42GeN2S6.